The standard InChI is InChI=1S/C19H22N4O3S/c1-3-22-7-9-23(10-8-22)18(24)14-11-25-16(20-14)12-27-19-21-17-13(2)5-4-6-15(17)26-19/h4-6,11H,3,7-10,12H2,1-2H3. The molecule has 3 aromatic rings. The Balaban J connectivity index is 1.37. The summed E-state index contributed by atoms with van der Waals surface area (Å²) in [6, 6.07) is 5.86. The normalized spacial score (nSPS) is 15.6. The summed E-state index contributed by atoms with van der Waals surface area (Å²) in [7, 11) is 0. The van der Waals surface area contributed by atoms with E-state index in [1.165, 1.54) is 18.0 Å². The molecule has 1 amide bonds. The average molecular weight is 386 g/mol. The van der Waals surface area contributed by atoms with Crippen molar-refractivity contribution in [2.75, 3.05) is 32.7 Å². The van der Waals surface area contributed by atoms with E-state index in [1.807, 2.05) is 30.0 Å². The lowest BCUT2D eigenvalue weighted by molar-refractivity contribution is 0.0637. The number of carbonyl (C=O) groups excluding carboxylic acids is 1. The van der Waals surface area contributed by atoms with E-state index in [0.717, 1.165) is 49.4 Å². The number of amides is 1. The Hall–Kier alpha value is -2.32. The highest BCUT2D eigenvalue weighted by molar-refractivity contribution is 7.98. The Labute approximate surface area is 161 Å². The molecule has 0 radical (unpaired) electrons. The molecular formula is C19H22N4O3S. The largest absolute Gasteiger partial charge is 0.447 e. The molecule has 8 heteroatoms. The van der Waals surface area contributed by atoms with Gasteiger partial charge in [-0.3, -0.25) is 4.79 Å². The summed E-state index contributed by atoms with van der Waals surface area (Å²) in [6.07, 6.45) is 1.45. The molecule has 0 spiro atoms. The molecule has 1 aromatic carbocycles. The van der Waals surface area contributed by atoms with E-state index in [4.69, 9.17) is 8.83 Å². The van der Waals surface area contributed by atoms with Gasteiger partial charge in [0.1, 0.15) is 11.8 Å². The summed E-state index contributed by atoms with van der Waals surface area (Å²) in [4.78, 5) is 25.6. The molecule has 0 saturated carbocycles. The third-order valence-electron chi connectivity index (χ3n) is 4.80. The molecule has 0 aliphatic carbocycles. The maximum Gasteiger partial charge on any atom is 0.275 e. The Morgan fingerprint density at radius 1 is 1.22 bits per heavy atom. The third-order valence-corrected chi connectivity index (χ3v) is 5.61. The first kappa shape index (κ1) is 18.1. The summed E-state index contributed by atoms with van der Waals surface area (Å²) < 4.78 is 11.2. The number of nitrogens with zero attached hydrogens (tertiary/aromatic N) is 4. The van der Waals surface area contributed by atoms with Crippen molar-refractivity contribution < 1.29 is 13.6 Å². The van der Waals surface area contributed by atoms with Crippen LogP contribution in [0.4, 0.5) is 0 Å². The van der Waals surface area contributed by atoms with E-state index in [1.54, 1.807) is 0 Å². The van der Waals surface area contributed by atoms with Crippen molar-refractivity contribution in [2.24, 2.45) is 0 Å². The second kappa shape index (κ2) is 7.74. The summed E-state index contributed by atoms with van der Waals surface area (Å²) in [5.74, 6) is 0.890. The van der Waals surface area contributed by atoms with Gasteiger partial charge in [-0.1, -0.05) is 30.8 Å². The second-order valence-corrected chi connectivity index (χ2v) is 7.47. The zero-order valence-corrected chi connectivity index (χ0v) is 16.3. The summed E-state index contributed by atoms with van der Waals surface area (Å²) in [5, 5.41) is 0.570. The lowest BCUT2D eigenvalue weighted by Crippen LogP contribution is -2.48. The maximum atomic E-state index is 12.6. The van der Waals surface area contributed by atoms with Crippen LogP contribution < -0.4 is 0 Å². The van der Waals surface area contributed by atoms with Gasteiger partial charge in [-0.05, 0) is 25.1 Å². The van der Waals surface area contributed by atoms with Crippen LogP contribution in [-0.2, 0) is 5.75 Å². The van der Waals surface area contributed by atoms with Gasteiger partial charge in [-0.15, -0.1) is 0 Å². The predicted octanol–water partition coefficient (Wildman–Crippen LogP) is 3.19. The van der Waals surface area contributed by atoms with Crippen molar-refractivity contribution in [3.05, 3.63) is 41.6 Å². The van der Waals surface area contributed by atoms with Gasteiger partial charge in [0.2, 0.25) is 5.89 Å². The number of hydrogen-bond acceptors (Lipinski definition) is 7. The number of aromatic nitrogens is 2. The van der Waals surface area contributed by atoms with Crippen LogP contribution in [0.5, 0.6) is 0 Å². The van der Waals surface area contributed by atoms with E-state index >= 15 is 0 Å². The van der Waals surface area contributed by atoms with Gasteiger partial charge in [-0.2, -0.15) is 0 Å². The Kier molecular flexibility index (Phi) is 5.18. The number of fused-ring (bicyclic) bond motifs is 1. The van der Waals surface area contributed by atoms with E-state index in [2.05, 4.69) is 21.8 Å². The summed E-state index contributed by atoms with van der Waals surface area (Å²) in [6.45, 7) is 8.42. The number of oxazole rings is 2. The number of piperazine rings is 1. The molecule has 142 valence electrons. The first-order valence-electron chi connectivity index (χ1n) is 9.09. The second-order valence-electron chi connectivity index (χ2n) is 6.54. The molecule has 3 heterocycles. The van der Waals surface area contributed by atoms with Crippen LogP contribution in [0.2, 0.25) is 0 Å². The molecule has 0 bridgehead atoms. The quantitative estimate of drug-likeness (QED) is 0.623. The summed E-state index contributed by atoms with van der Waals surface area (Å²) >= 11 is 1.41. The molecular weight excluding hydrogens is 364 g/mol. The SMILES string of the molecule is CCN1CCN(C(=O)c2coc(CSc3nc4c(C)cccc4o3)n2)CC1. The zero-order chi connectivity index (χ0) is 18.8. The van der Waals surface area contributed by atoms with Crippen LogP contribution in [0, 0.1) is 6.92 Å². The fourth-order valence-corrected chi connectivity index (χ4v) is 3.84. The molecule has 4 rings (SSSR count). The molecule has 0 unspecified atom stereocenters. The first-order valence-corrected chi connectivity index (χ1v) is 10.1. The van der Waals surface area contributed by atoms with E-state index in [-0.39, 0.29) is 5.91 Å². The fourth-order valence-electron chi connectivity index (χ4n) is 3.16. The van der Waals surface area contributed by atoms with Crippen LogP contribution in [0.15, 0.2) is 38.5 Å². The van der Waals surface area contributed by atoms with Gasteiger partial charge in [0, 0.05) is 26.2 Å². The average Bonchev–Trinajstić information content (AvgIpc) is 3.33. The minimum absolute atomic E-state index is 0.0664. The number of para-hydroxylation sites is 1. The van der Waals surface area contributed by atoms with Crippen molar-refractivity contribution in [3.63, 3.8) is 0 Å². The van der Waals surface area contributed by atoms with E-state index in [9.17, 15) is 4.79 Å². The Morgan fingerprint density at radius 2 is 2.04 bits per heavy atom. The van der Waals surface area contributed by atoms with Crippen molar-refractivity contribution in [3.8, 4) is 0 Å². The number of likely N-dealkylation sites (N-methyl/N-ethyl adjacent to an activating group) is 1. The van der Waals surface area contributed by atoms with Crippen molar-refractivity contribution in [1.29, 1.82) is 0 Å². The van der Waals surface area contributed by atoms with E-state index < -0.39 is 0 Å². The lowest BCUT2D eigenvalue weighted by Gasteiger charge is -2.33. The highest BCUT2D eigenvalue weighted by Gasteiger charge is 2.24. The summed E-state index contributed by atoms with van der Waals surface area (Å²) in [5.41, 5.74) is 3.08. The molecule has 1 aliphatic rings. The van der Waals surface area contributed by atoms with Gasteiger partial charge in [0.05, 0.1) is 5.75 Å². The molecule has 2 aromatic heterocycles. The monoisotopic (exact) mass is 386 g/mol. The smallest absolute Gasteiger partial charge is 0.275 e. The molecule has 7 nitrogen and oxygen atoms in total. The van der Waals surface area contributed by atoms with Crippen LogP contribution in [0.3, 0.4) is 0 Å². The molecule has 27 heavy (non-hydrogen) atoms. The molecule has 0 N–H and O–H groups in total. The van der Waals surface area contributed by atoms with Crippen molar-refractivity contribution in [1.82, 2.24) is 19.8 Å². The molecule has 1 aliphatic heterocycles. The lowest BCUT2D eigenvalue weighted by atomic mass is 10.2. The fraction of sp³-hybridized carbons (Fsp3) is 0.421. The molecule has 0 atom stereocenters. The number of carbonyl (C=O) groups is 1. The van der Waals surface area contributed by atoms with Gasteiger partial charge in [-0.25, -0.2) is 9.97 Å². The number of rotatable bonds is 5. The number of hydrogen-bond donors (Lipinski definition) is 0. The van der Waals surface area contributed by atoms with Gasteiger partial charge >= 0.3 is 0 Å². The van der Waals surface area contributed by atoms with Crippen molar-refractivity contribution in [2.45, 2.75) is 24.8 Å². The van der Waals surface area contributed by atoms with Crippen LogP contribution in [-0.4, -0.2) is 58.4 Å². The molecule has 1 fully saturated rings. The minimum Gasteiger partial charge on any atom is -0.447 e. The number of benzene rings is 1. The van der Waals surface area contributed by atoms with Gasteiger partial charge < -0.3 is 18.6 Å². The van der Waals surface area contributed by atoms with Crippen LogP contribution >= 0.6 is 11.8 Å². The van der Waals surface area contributed by atoms with E-state index in [0.29, 0.717) is 22.6 Å². The predicted molar refractivity (Wildman–Crippen MR) is 103 cm³/mol. The molecule has 1 saturated heterocycles. The third kappa shape index (κ3) is 3.86. The Morgan fingerprint density at radius 3 is 2.78 bits per heavy atom. The minimum atomic E-state index is -0.0664. The van der Waals surface area contributed by atoms with Crippen molar-refractivity contribution >= 4 is 28.8 Å². The van der Waals surface area contributed by atoms with Gasteiger partial charge in [0.15, 0.2) is 11.3 Å². The highest BCUT2D eigenvalue weighted by atomic mass is 32.2. The maximum absolute atomic E-state index is 12.6. The highest BCUT2D eigenvalue weighted by Crippen LogP contribution is 2.27. The number of aryl methyl sites for hydroxylation is 1. The topological polar surface area (TPSA) is 75.6 Å². The Bertz CT molecular complexity index is 943. The first-order chi connectivity index (χ1) is 13.1. The zero-order valence-electron chi connectivity index (χ0n) is 15.5. The van der Waals surface area contributed by atoms with Crippen LogP contribution in [0.1, 0.15) is 28.9 Å². The van der Waals surface area contributed by atoms with Crippen LogP contribution in [0.25, 0.3) is 11.1 Å². The van der Waals surface area contributed by atoms with Gasteiger partial charge in [0.25, 0.3) is 11.1 Å². The number of thioether (sulfide) groups is 1.